The summed E-state index contributed by atoms with van der Waals surface area (Å²) in [6.45, 7) is 7.74. The number of carbonyl (C=O) groups is 1. The first kappa shape index (κ1) is 22.3. The number of anilines is 1. The van der Waals surface area contributed by atoms with Gasteiger partial charge in [-0.1, -0.05) is 26.0 Å². The van der Waals surface area contributed by atoms with E-state index >= 15 is 0 Å². The molecule has 6 heteroatoms. The van der Waals surface area contributed by atoms with Crippen LogP contribution in [0.1, 0.15) is 38.8 Å². The van der Waals surface area contributed by atoms with Crippen molar-refractivity contribution in [2.75, 3.05) is 32.0 Å². The van der Waals surface area contributed by atoms with Gasteiger partial charge in [-0.25, -0.2) is 4.98 Å². The lowest BCUT2D eigenvalue weighted by molar-refractivity contribution is -0.123. The molecule has 4 rings (SSSR count). The summed E-state index contributed by atoms with van der Waals surface area (Å²) in [6, 6.07) is 8.22. The van der Waals surface area contributed by atoms with E-state index in [0.717, 1.165) is 71.9 Å². The highest BCUT2D eigenvalue weighted by molar-refractivity contribution is 5.88. The fourth-order valence-electron chi connectivity index (χ4n) is 4.31. The zero-order valence-corrected chi connectivity index (χ0v) is 19.3. The van der Waals surface area contributed by atoms with Crippen molar-refractivity contribution in [3.05, 3.63) is 48.5 Å². The Morgan fingerprint density at radius 2 is 1.94 bits per heavy atom. The Labute approximate surface area is 190 Å². The second kappa shape index (κ2) is 10.2. The molecule has 1 aromatic carbocycles. The molecule has 32 heavy (non-hydrogen) atoms. The Morgan fingerprint density at radius 3 is 2.69 bits per heavy atom. The number of Topliss-reactive ketones (excluding diaryl/α,β-unsaturated/α-hetero) is 1. The first-order valence-corrected chi connectivity index (χ1v) is 11.7. The second-order valence-electron chi connectivity index (χ2n) is 9.22. The summed E-state index contributed by atoms with van der Waals surface area (Å²) < 4.78 is 0. The highest BCUT2D eigenvalue weighted by Crippen LogP contribution is 2.25. The number of piperidine rings is 1. The normalized spacial score (nSPS) is 15.4. The summed E-state index contributed by atoms with van der Waals surface area (Å²) >= 11 is 0. The Morgan fingerprint density at radius 1 is 1.12 bits per heavy atom. The molecule has 3 heterocycles. The van der Waals surface area contributed by atoms with E-state index in [2.05, 4.69) is 45.1 Å². The van der Waals surface area contributed by atoms with Crippen LogP contribution in [-0.4, -0.2) is 52.3 Å². The van der Waals surface area contributed by atoms with Crippen molar-refractivity contribution in [2.45, 2.75) is 39.5 Å². The molecule has 0 spiro atoms. The van der Waals surface area contributed by atoms with Crippen LogP contribution in [0.3, 0.4) is 0 Å². The molecular weight excluding hydrogens is 398 g/mol. The monoisotopic (exact) mass is 431 g/mol. The fraction of sp³-hybridized carbons (Fsp3) is 0.462. The first-order chi connectivity index (χ1) is 15.5. The van der Waals surface area contributed by atoms with Crippen LogP contribution in [0.2, 0.25) is 0 Å². The number of carbonyl (C=O) groups excluding carboxylic acids is 1. The molecule has 0 saturated carbocycles. The zero-order chi connectivity index (χ0) is 22.5. The van der Waals surface area contributed by atoms with Gasteiger partial charge in [0.1, 0.15) is 11.6 Å². The highest BCUT2D eigenvalue weighted by atomic mass is 16.1. The van der Waals surface area contributed by atoms with Gasteiger partial charge in [0.25, 0.3) is 0 Å². The number of fused-ring (bicyclic) bond motifs is 1. The van der Waals surface area contributed by atoms with Crippen LogP contribution >= 0.6 is 0 Å². The van der Waals surface area contributed by atoms with Crippen molar-refractivity contribution >= 4 is 22.4 Å². The van der Waals surface area contributed by atoms with Gasteiger partial charge >= 0.3 is 0 Å². The molecule has 0 bridgehead atoms. The van der Waals surface area contributed by atoms with Gasteiger partial charge in [0.2, 0.25) is 0 Å². The predicted octanol–water partition coefficient (Wildman–Crippen LogP) is 4.60. The third-order valence-corrected chi connectivity index (χ3v) is 6.39. The molecule has 6 nitrogen and oxygen atoms in total. The number of hydrogen-bond donors (Lipinski definition) is 1. The quantitative estimate of drug-likeness (QED) is 0.562. The van der Waals surface area contributed by atoms with Crippen LogP contribution in [0.5, 0.6) is 0 Å². The molecule has 1 N–H and O–H groups in total. The largest absolute Gasteiger partial charge is 0.372 e. The van der Waals surface area contributed by atoms with Gasteiger partial charge in [0.15, 0.2) is 0 Å². The number of ketones is 1. The molecule has 1 aliphatic rings. The minimum atomic E-state index is 0.161. The molecule has 1 saturated heterocycles. The number of likely N-dealkylation sites (tertiary alicyclic amines) is 1. The fourth-order valence-corrected chi connectivity index (χ4v) is 4.31. The summed E-state index contributed by atoms with van der Waals surface area (Å²) in [5, 5.41) is 5.15. The Hall–Kier alpha value is -2.86. The SMILES string of the molecule is CNc1cncc(-c2ccc3cnc(CC(=O)C4CCN(CCC(C)C)CC4)cc3c2)n1. The van der Waals surface area contributed by atoms with E-state index in [1.165, 1.54) is 6.42 Å². The number of nitrogens with zero attached hydrogens (tertiary/aromatic N) is 4. The van der Waals surface area contributed by atoms with Crippen LogP contribution in [0.25, 0.3) is 22.0 Å². The maximum atomic E-state index is 13.0. The maximum absolute atomic E-state index is 13.0. The number of benzene rings is 1. The third kappa shape index (κ3) is 5.49. The summed E-state index contributed by atoms with van der Waals surface area (Å²) in [5.41, 5.74) is 2.66. The smallest absolute Gasteiger partial charge is 0.144 e. The number of aromatic nitrogens is 3. The number of hydrogen-bond acceptors (Lipinski definition) is 6. The van der Waals surface area contributed by atoms with Crippen molar-refractivity contribution in [2.24, 2.45) is 11.8 Å². The average molecular weight is 432 g/mol. The Bertz CT molecular complexity index is 1070. The summed E-state index contributed by atoms with van der Waals surface area (Å²) in [6.07, 6.45) is 8.91. The van der Waals surface area contributed by atoms with Crippen LogP contribution in [-0.2, 0) is 11.2 Å². The van der Waals surface area contributed by atoms with Gasteiger partial charge in [-0.2, -0.15) is 0 Å². The zero-order valence-electron chi connectivity index (χ0n) is 19.3. The molecule has 0 atom stereocenters. The van der Waals surface area contributed by atoms with Gasteiger partial charge in [0, 0.05) is 42.2 Å². The Kier molecular flexibility index (Phi) is 7.10. The molecule has 0 radical (unpaired) electrons. The lowest BCUT2D eigenvalue weighted by Crippen LogP contribution is -2.37. The van der Waals surface area contributed by atoms with Crippen molar-refractivity contribution < 1.29 is 4.79 Å². The molecule has 168 valence electrons. The summed E-state index contributed by atoms with van der Waals surface area (Å²) in [7, 11) is 1.83. The maximum Gasteiger partial charge on any atom is 0.144 e. The van der Waals surface area contributed by atoms with Crippen LogP contribution in [0.15, 0.2) is 42.9 Å². The molecule has 3 aromatic rings. The van der Waals surface area contributed by atoms with Gasteiger partial charge in [0.05, 0.1) is 18.1 Å². The second-order valence-corrected chi connectivity index (χ2v) is 9.22. The molecule has 1 fully saturated rings. The first-order valence-electron chi connectivity index (χ1n) is 11.7. The minimum Gasteiger partial charge on any atom is -0.372 e. The molecule has 0 unspecified atom stereocenters. The number of rotatable bonds is 8. The van der Waals surface area contributed by atoms with Crippen LogP contribution in [0.4, 0.5) is 5.82 Å². The third-order valence-electron chi connectivity index (χ3n) is 6.39. The van der Waals surface area contributed by atoms with Crippen LogP contribution < -0.4 is 5.32 Å². The molecule has 1 aliphatic heterocycles. The van der Waals surface area contributed by atoms with Gasteiger partial charge < -0.3 is 10.2 Å². The van der Waals surface area contributed by atoms with Gasteiger partial charge in [-0.15, -0.1) is 0 Å². The topological polar surface area (TPSA) is 71.0 Å². The lowest BCUT2D eigenvalue weighted by atomic mass is 9.90. The molecule has 0 aliphatic carbocycles. The molecule has 0 amide bonds. The highest BCUT2D eigenvalue weighted by Gasteiger charge is 2.25. The van der Waals surface area contributed by atoms with Crippen molar-refractivity contribution in [3.63, 3.8) is 0 Å². The summed E-state index contributed by atoms with van der Waals surface area (Å²) in [4.78, 5) is 28.9. The lowest BCUT2D eigenvalue weighted by Gasteiger charge is -2.31. The van der Waals surface area contributed by atoms with E-state index in [-0.39, 0.29) is 5.92 Å². The van der Waals surface area contributed by atoms with E-state index < -0.39 is 0 Å². The van der Waals surface area contributed by atoms with E-state index in [4.69, 9.17) is 0 Å². The van der Waals surface area contributed by atoms with E-state index in [9.17, 15) is 4.79 Å². The predicted molar refractivity (Wildman–Crippen MR) is 130 cm³/mol. The Balaban J connectivity index is 1.42. The van der Waals surface area contributed by atoms with Crippen molar-refractivity contribution in [3.8, 4) is 11.3 Å². The standard InChI is InChI=1S/C26H33N5O/c1-18(2)6-9-31-10-7-19(8-11-31)25(32)14-23-13-22-12-20(4-5-21(22)15-29-23)24-16-28-17-26(27-3)30-24/h4-5,12-13,15-19H,6-11,14H2,1-3H3,(H,27,30). The van der Waals surface area contributed by atoms with Gasteiger partial charge in [-0.05, 0) is 62.3 Å². The van der Waals surface area contributed by atoms with E-state index in [1.807, 2.05) is 31.4 Å². The average Bonchev–Trinajstić information content (AvgIpc) is 2.82. The number of pyridine rings is 1. The summed E-state index contributed by atoms with van der Waals surface area (Å²) in [5.74, 6) is 1.95. The van der Waals surface area contributed by atoms with E-state index in [0.29, 0.717) is 12.2 Å². The van der Waals surface area contributed by atoms with Gasteiger partial charge in [-0.3, -0.25) is 14.8 Å². The van der Waals surface area contributed by atoms with Crippen LogP contribution in [0, 0.1) is 11.8 Å². The van der Waals surface area contributed by atoms with Crippen molar-refractivity contribution in [1.82, 2.24) is 19.9 Å². The minimum absolute atomic E-state index is 0.161. The number of nitrogens with one attached hydrogen (secondary N) is 1. The molecule has 2 aromatic heterocycles. The van der Waals surface area contributed by atoms with E-state index in [1.54, 1.807) is 12.4 Å². The molecular formula is C26H33N5O. The van der Waals surface area contributed by atoms with Crippen molar-refractivity contribution in [1.29, 1.82) is 0 Å².